The number of allylic oxidation sites excluding steroid dienone is 4. The topological polar surface area (TPSA) is 0 Å². The predicted molar refractivity (Wildman–Crippen MR) is 61.9 cm³/mol. The summed E-state index contributed by atoms with van der Waals surface area (Å²) >= 11 is 0. The summed E-state index contributed by atoms with van der Waals surface area (Å²) in [7, 11) is 0. The van der Waals surface area contributed by atoms with Crippen LogP contribution in [0.25, 0.3) is 0 Å². The molecule has 0 saturated heterocycles. The van der Waals surface area contributed by atoms with Gasteiger partial charge < -0.3 is 0 Å². The van der Waals surface area contributed by atoms with Crippen molar-refractivity contribution >= 4 is 0 Å². The van der Waals surface area contributed by atoms with E-state index in [0.29, 0.717) is 0 Å². The summed E-state index contributed by atoms with van der Waals surface area (Å²) < 4.78 is 0. The second kappa shape index (κ2) is 11.5. The lowest BCUT2D eigenvalue weighted by Gasteiger charge is -1.97. The van der Waals surface area contributed by atoms with Crippen LogP contribution in [0.4, 0.5) is 0 Å². The fourth-order valence-corrected chi connectivity index (χ4v) is 1.33. The van der Waals surface area contributed by atoms with Gasteiger partial charge in [0.05, 0.1) is 0 Å². The molecule has 0 fully saturated rings. The van der Waals surface area contributed by atoms with E-state index in [4.69, 9.17) is 0 Å². The van der Waals surface area contributed by atoms with E-state index in [1.807, 2.05) is 0 Å². The van der Waals surface area contributed by atoms with Crippen LogP contribution in [-0.4, -0.2) is 0 Å². The highest BCUT2D eigenvalue weighted by atomic mass is 13.9. The van der Waals surface area contributed by atoms with Crippen LogP contribution in [0.15, 0.2) is 24.3 Å². The molecular weight excluding hydrogens is 156 g/mol. The molecule has 0 amide bonds. The number of hydrogen-bond donors (Lipinski definition) is 0. The van der Waals surface area contributed by atoms with Crippen LogP contribution in [0.5, 0.6) is 0 Å². The van der Waals surface area contributed by atoms with Gasteiger partial charge in [-0.2, -0.15) is 0 Å². The molecule has 0 radical (unpaired) electrons. The van der Waals surface area contributed by atoms with E-state index in [0.717, 1.165) is 0 Å². The monoisotopic (exact) mass is 180 g/mol. The molecule has 0 N–H and O–H groups in total. The Labute approximate surface area is 83.7 Å². The Morgan fingerprint density at radius 2 is 1.54 bits per heavy atom. The van der Waals surface area contributed by atoms with Gasteiger partial charge in [-0.1, -0.05) is 63.3 Å². The summed E-state index contributed by atoms with van der Waals surface area (Å²) in [6.45, 7) is 4.31. The van der Waals surface area contributed by atoms with E-state index in [9.17, 15) is 0 Å². The maximum Gasteiger partial charge on any atom is -0.0348 e. The predicted octanol–water partition coefficient (Wildman–Crippen LogP) is 4.87. The summed E-state index contributed by atoms with van der Waals surface area (Å²) in [5.74, 6) is 0. The van der Waals surface area contributed by atoms with Crippen LogP contribution < -0.4 is 0 Å². The summed E-state index contributed by atoms with van der Waals surface area (Å²) in [4.78, 5) is 0. The van der Waals surface area contributed by atoms with Gasteiger partial charge in [0.1, 0.15) is 0 Å². The molecular formula is C13H24. The fraction of sp³-hybridized carbons (Fsp3) is 0.692. The number of hydrogen-bond acceptors (Lipinski definition) is 0. The third-order valence-corrected chi connectivity index (χ3v) is 2.16. The van der Waals surface area contributed by atoms with Crippen molar-refractivity contribution in [3.05, 3.63) is 24.3 Å². The Kier molecular flexibility index (Phi) is 11.0. The van der Waals surface area contributed by atoms with Crippen LogP contribution in [0, 0.1) is 0 Å². The van der Waals surface area contributed by atoms with Gasteiger partial charge >= 0.3 is 0 Å². The highest BCUT2D eigenvalue weighted by molar-refractivity contribution is 5.00. The lowest BCUT2D eigenvalue weighted by molar-refractivity contribution is 0.611. The van der Waals surface area contributed by atoms with Crippen LogP contribution >= 0.6 is 0 Å². The van der Waals surface area contributed by atoms with Gasteiger partial charge in [-0.3, -0.25) is 0 Å². The SMILES string of the molecule is C/C=C/C=C/CCCCCCCC. The third-order valence-electron chi connectivity index (χ3n) is 2.16. The van der Waals surface area contributed by atoms with Crippen LogP contribution in [0.3, 0.4) is 0 Å². The zero-order valence-corrected chi connectivity index (χ0v) is 9.26. The molecule has 0 bridgehead atoms. The molecule has 0 spiro atoms. The van der Waals surface area contributed by atoms with Crippen molar-refractivity contribution in [2.45, 2.75) is 58.8 Å². The van der Waals surface area contributed by atoms with Gasteiger partial charge in [-0.05, 0) is 19.8 Å². The van der Waals surface area contributed by atoms with Crippen molar-refractivity contribution in [2.75, 3.05) is 0 Å². The highest BCUT2D eigenvalue weighted by Crippen LogP contribution is 2.06. The molecule has 0 aromatic rings. The van der Waals surface area contributed by atoms with Crippen molar-refractivity contribution in [3.8, 4) is 0 Å². The largest absolute Gasteiger partial charge is 0.0877 e. The molecule has 13 heavy (non-hydrogen) atoms. The van der Waals surface area contributed by atoms with E-state index < -0.39 is 0 Å². The normalized spacial score (nSPS) is 11.8. The second-order valence-electron chi connectivity index (χ2n) is 3.51. The third kappa shape index (κ3) is 11.5. The van der Waals surface area contributed by atoms with Crippen molar-refractivity contribution in [3.63, 3.8) is 0 Å². The van der Waals surface area contributed by atoms with E-state index >= 15 is 0 Å². The Morgan fingerprint density at radius 1 is 0.846 bits per heavy atom. The molecule has 0 aliphatic rings. The molecule has 76 valence electrons. The fourth-order valence-electron chi connectivity index (χ4n) is 1.33. The van der Waals surface area contributed by atoms with Gasteiger partial charge in [-0.15, -0.1) is 0 Å². The molecule has 0 aliphatic heterocycles. The van der Waals surface area contributed by atoms with Gasteiger partial charge in [0, 0.05) is 0 Å². The van der Waals surface area contributed by atoms with E-state index in [-0.39, 0.29) is 0 Å². The van der Waals surface area contributed by atoms with Crippen molar-refractivity contribution < 1.29 is 0 Å². The lowest BCUT2D eigenvalue weighted by atomic mass is 10.1. The molecule has 0 unspecified atom stereocenters. The van der Waals surface area contributed by atoms with Gasteiger partial charge in [-0.25, -0.2) is 0 Å². The van der Waals surface area contributed by atoms with Crippen molar-refractivity contribution in [1.29, 1.82) is 0 Å². The van der Waals surface area contributed by atoms with Gasteiger partial charge in [0.25, 0.3) is 0 Å². The first-order valence-corrected chi connectivity index (χ1v) is 5.69. The standard InChI is InChI=1S/C13H24/c1-3-5-7-9-11-13-12-10-8-6-4-2/h3,5,7,9H,4,6,8,10-13H2,1-2H3/b5-3+,9-7+. The molecule has 0 saturated carbocycles. The highest BCUT2D eigenvalue weighted by Gasteiger charge is 1.87. The molecule has 0 aromatic heterocycles. The van der Waals surface area contributed by atoms with Crippen LogP contribution in [0.2, 0.25) is 0 Å². The average molecular weight is 180 g/mol. The maximum absolute atomic E-state index is 2.26. The minimum absolute atomic E-state index is 1.25. The minimum Gasteiger partial charge on any atom is -0.0877 e. The quantitative estimate of drug-likeness (QED) is 0.369. The first-order chi connectivity index (χ1) is 6.41. The number of unbranched alkanes of at least 4 members (excludes halogenated alkanes) is 6. The van der Waals surface area contributed by atoms with E-state index in [2.05, 4.69) is 38.2 Å². The summed E-state index contributed by atoms with van der Waals surface area (Å²) in [5.41, 5.74) is 0. The van der Waals surface area contributed by atoms with Crippen LogP contribution in [0.1, 0.15) is 58.8 Å². The van der Waals surface area contributed by atoms with Crippen LogP contribution in [-0.2, 0) is 0 Å². The van der Waals surface area contributed by atoms with Gasteiger partial charge in [0.2, 0.25) is 0 Å². The van der Waals surface area contributed by atoms with E-state index in [1.54, 1.807) is 0 Å². The summed E-state index contributed by atoms with van der Waals surface area (Å²) in [6.07, 6.45) is 18.2. The zero-order valence-electron chi connectivity index (χ0n) is 9.26. The lowest BCUT2D eigenvalue weighted by Crippen LogP contribution is -1.77. The Morgan fingerprint density at radius 3 is 2.23 bits per heavy atom. The Hall–Kier alpha value is -0.520. The first-order valence-electron chi connectivity index (χ1n) is 5.69. The second-order valence-corrected chi connectivity index (χ2v) is 3.51. The van der Waals surface area contributed by atoms with Crippen molar-refractivity contribution in [1.82, 2.24) is 0 Å². The maximum atomic E-state index is 2.26. The summed E-state index contributed by atoms with van der Waals surface area (Å²) in [6, 6.07) is 0. The van der Waals surface area contributed by atoms with E-state index in [1.165, 1.54) is 44.9 Å². The first kappa shape index (κ1) is 12.5. The zero-order chi connectivity index (χ0) is 9.78. The number of rotatable bonds is 8. The minimum atomic E-state index is 1.25. The van der Waals surface area contributed by atoms with Crippen molar-refractivity contribution in [2.24, 2.45) is 0 Å². The molecule has 0 heterocycles. The summed E-state index contributed by atoms with van der Waals surface area (Å²) in [5, 5.41) is 0. The molecule has 0 aliphatic carbocycles. The molecule has 0 aromatic carbocycles. The molecule has 0 heteroatoms. The Balaban J connectivity index is 2.99. The smallest absolute Gasteiger partial charge is 0.0348 e. The molecule has 0 atom stereocenters. The average Bonchev–Trinajstić information content (AvgIpc) is 2.16. The van der Waals surface area contributed by atoms with Gasteiger partial charge in [0.15, 0.2) is 0 Å². The molecule has 0 rings (SSSR count). The molecule has 0 nitrogen and oxygen atoms in total. The Bertz CT molecular complexity index is 131.